The van der Waals surface area contributed by atoms with Gasteiger partial charge in [-0.1, -0.05) is 13.8 Å². The first-order valence-electron chi connectivity index (χ1n) is 4.71. The Bertz CT molecular complexity index is 249. The number of thiophene rings is 1. The highest BCUT2D eigenvalue weighted by Crippen LogP contribution is 2.10. The summed E-state index contributed by atoms with van der Waals surface area (Å²) in [5.74, 6) is 0.885. The summed E-state index contributed by atoms with van der Waals surface area (Å²) in [6, 6.07) is 2.09. The lowest BCUT2D eigenvalue weighted by atomic mass is 10.0. The monoisotopic (exact) mass is 196 g/mol. The van der Waals surface area contributed by atoms with Crippen LogP contribution in [0.15, 0.2) is 16.8 Å². The van der Waals surface area contributed by atoms with Crippen LogP contribution in [0.2, 0.25) is 0 Å². The number of hydrogen-bond donors (Lipinski definition) is 0. The van der Waals surface area contributed by atoms with E-state index in [1.165, 1.54) is 5.56 Å². The summed E-state index contributed by atoms with van der Waals surface area (Å²) >= 11 is 1.69. The van der Waals surface area contributed by atoms with Gasteiger partial charge in [0.1, 0.15) is 5.78 Å². The second-order valence-electron chi connectivity index (χ2n) is 3.77. The quantitative estimate of drug-likeness (QED) is 0.706. The normalized spacial score (nSPS) is 10.7. The average Bonchev–Trinajstić information content (AvgIpc) is 2.51. The number of carbonyl (C=O) groups is 1. The Morgan fingerprint density at radius 1 is 1.54 bits per heavy atom. The molecule has 0 saturated carbocycles. The van der Waals surface area contributed by atoms with Crippen molar-refractivity contribution in [2.45, 2.75) is 33.1 Å². The second kappa shape index (κ2) is 5.18. The molecule has 1 rings (SSSR count). The van der Waals surface area contributed by atoms with E-state index in [1.807, 2.05) is 0 Å². The molecule has 0 N–H and O–H groups in total. The molecule has 1 aromatic heterocycles. The first-order valence-corrected chi connectivity index (χ1v) is 5.65. The number of rotatable bonds is 5. The van der Waals surface area contributed by atoms with E-state index in [1.54, 1.807) is 11.3 Å². The lowest BCUT2D eigenvalue weighted by molar-refractivity contribution is -0.119. The first kappa shape index (κ1) is 10.5. The topological polar surface area (TPSA) is 17.1 Å². The second-order valence-corrected chi connectivity index (χ2v) is 4.55. The fourth-order valence-corrected chi connectivity index (χ4v) is 1.98. The summed E-state index contributed by atoms with van der Waals surface area (Å²) in [7, 11) is 0. The summed E-state index contributed by atoms with van der Waals surface area (Å²) in [5, 5.41) is 4.17. The van der Waals surface area contributed by atoms with Crippen LogP contribution < -0.4 is 0 Å². The summed E-state index contributed by atoms with van der Waals surface area (Å²) < 4.78 is 0. The van der Waals surface area contributed by atoms with Crippen molar-refractivity contribution in [3.05, 3.63) is 22.4 Å². The largest absolute Gasteiger partial charge is 0.300 e. The van der Waals surface area contributed by atoms with Gasteiger partial charge in [-0.05, 0) is 34.7 Å². The van der Waals surface area contributed by atoms with E-state index < -0.39 is 0 Å². The standard InChI is InChI=1S/C11H16OS/c1-9(2)7-11(12)4-3-10-5-6-13-8-10/h5-6,8-9H,3-4,7H2,1-2H3. The summed E-state index contributed by atoms with van der Waals surface area (Å²) in [6.07, 6.45) is 2.34. The lowest BCUT2D eigenvalue weighted by Gasteiger charge is -2.02. The van der Waals surface area contributed by atoms with E-state index in [-0.39, 0.29) is 0 Å². The summed E-state index contributed by atoms with van der Waals surface area (Å²) in [4.78, 5) is 11.4. The Balaban J connectivity index is 2.23. The number of hydrogen-bond acceptors (Lipinski definition) is 2. The zero-order valence-corrected chi connectivity index (χ0v) is 9.06. The average molecular weight is 196 g/mol. The molecule has 0 unspecified atom stereocenters. The highest BCUT2D eigenvalue weighted by molar-refractivity contribution is 7.07. The molecule has 1 aromatic rings. The SMILES string of the molecule is CC(C)CC(=O)CCc1ccsc1. The highest BCUT2D eigenvalue weighted by Gasteiger charge is 2.05. The van der Waals surface area contributed by atoms with E-state index in [4.69, 9.17) is 0 Å². The van der Waals surface area contributed by atoms with Crippen LogP contribution in [0.5, 0.6) is 0 Å². The van der Waals surface area contributed by atoms with Gasteiger partial charge in [-0.15, -0.1) is 0 Å². The zero-order valence-electron chi connectivity index (χ0n) is 8.25. The van der Waals surface area contributed by atoms with Gasteiger partial charge in [0.05, 0.1) is 0 Å². The minimum atomic E-state index is 0.390. The molecule has 0 atom stereocenters. The molecule has 0 amide bonds. The molecule has 13 heavy (non-hydrogen) atoms. The molecular formula is C11H16OS. The minimum absolute atomic E-state index is 0.390. The van der Waals surface area contributed by atoms with E-state index >= 15 is 0 Å². The van der Waals surface area contributed by atoms with Crippen LogP contribution in [0, 0.1) is 5.92 Å². The fraction of sp³-hybridized carbons (Fsp3) is 0.545. The van der Waals surface area contributed by atoms with E-state index in [0.717, 1.165) is 12.8 Å². The minimum Gasteiger partial charge on any atom is -0.300 e. The number of carbonyl (C=O) groups excluding carboxylic acids is 1. The van der Waals surface area contributed by atoms with Gasteiger partial charge >= 0.3 is 0 Å². The molecule has 0 radical (unpaired) electrons. The molecule has 0 fully saturated rings. The van der Waals surface area contributed by atoms with Crippen LogP contribution in [0.4, 0.5) is 0 Å². The molecule has 0 aliphatic carbocycles. The van der Waals surface area contributed by atoms with E-state index in [0.29, 0.717) is 18.1 Å². The molecule has 2 heteroatoms. The first-order chi connectivity index (χ1) is 6.18. The number of ketones is 1. The van der Waals surface area contributed by atoms with Crippen molar-refractivity contribution in [1.29, 1.82) is 0 Å². The van der Waals surface area contributed by atoms with Gasteiger partial charge in [0.25, 0.3) is 0 Å². The van der Waals surface area contributed by atoms with Crippen molar-refractivity contribution >= 4 is 17.1 Å². The molecule has 0 spiro atoms. The van der Waals surface area contributed by atoms with Gasteiger partial charge in [-0.25, -0.2) is 0 Å². The maximum Gasteiger partial charge on any atom is 0.133 e. The van der Waals surface area contributed by atoms with Gasteiger partial charge in [0.15, 0.2) is 0 Å². The Kier molecular flexibility index (Phi) is 4.16. The number of Topliss-reactive ketones (excluding diaryl/α,β-unsaturated/α-hetero) is 1. The predicted octanol–water partition coefficient (Wildman–Crippen LogP) is 3.30. The van der Waals surface area contributed by atoms with Crippen LogP contribution in [0.1, 0.15) is 32.3 Å². The molecule has 0 aliphatic rings. The van der Waals surface area contributed by atoms with Crippen LogP contribution in [0.3, 0.4) is 0 Å². The van der Waals surface area contributed by atoms with Crippen LogP contribution in [-0.4, -0.2) is 5.78 Å². The molecular weight excluding hydrogens is 180 g/mol. The van der Waals surface area contributed by atoms with Gasteiger partial charge in [0, 0.05) is 12.8 Å². The Labute approximate surface area is 83.8 Å². The smallest absolute Gasteiger partial charge is 0.133 e. The van der Waals surface area contributed by atoms with Crippen molar-refractivity contribution in [2.75, 3.05) is 0 Å². The third-order valence-electron chi connectivity index (χ3n) is 1.91. The van der Waals surface area contributed by atoms with Crippen molar-refractivity contribution in [1.82, 2.24) is 0 Å². The van der Waals surface area contributed by atoms with Crippen LogP contribution in [0.25, 0.3) is 0 Å². The molecule has 1 heterocycles. The Morgan fingerprint density at radius 3 is 2.85 bits per heavy atom. The van der Waals surface area contributed by atoms with Crippen molar-refractivity contribution in [3.8, 4) is 0 Å². The third-order valence-corrected chi connectivity index (χ3v) is 2.64. The molecule has 72 valence electrons. The highest BCUT2D eigenvalue weighted by atomic mass is 32.1. The number of aryl methyl sites for hydroxylation is 1. The van der Waals surface area contributed by atoms with Crippen LogP contribution in [-0.2, 0) is 11.2 Å². The molecule has 0 aromatic carbocycles. The van der Waals surface area contributed by atoms with Crippen LogP contribution >= 0.6 is 11.3 Å². The maximum atomic E-state index is 11.4. The van der Waals surface area contributed by atoms with Crippen molar-refractivity contribution in [2.24, 2.45) is 5.92 Å². The summed E-state index contributed by atoms with van der Waals surface area (Å²) in [6.45, 7) is 4.17. The summed E-state index contributed by atoms with van der Waals surface area (Å²) in [5.41, 5.74) is 1.29. The molecule has 0 aliphatic heterocycles. The Hall–Kier alpha value is -0.630. The van der Waals surface area contributed by atoms with Gasteiger partial charge in [0.2, 0.25) is 0 Å². The molecule has 1 nitrogen and oxygen atoms in total. The fourth-order valence-electron chi connectivity index (χ4n) is 1.28. The molecule has 0 saturated heterocycles. The zero-order chi connectivity index (χ0) is 9.68. The van der Waals surface area contributed by atoms with Gasteiger partial charge in [-0.3, -0.25) is 4.79 Å². The van der Waals surface area contributed by atoms with E-state index in [2.05, 4.69) is 30.7 Å². The molecule has 0 bridgehead atoms. The maximum absolute atomic E-state index is 11.4. The van der Waals surface area contributed by atoms with Crippen molar-refractivity contribution in [3.63, 3.8) is 0 Å². The van der Waals surface area contributed by atoms with Gasteiger partial charge < -0.3 is 0 Å². The van der Waals surface area contributed by atoms with Gasteiger partial charge in [-0.2, -0.15) is 11.3 Å². The third kappa shape index (κ3) is 4.23. The predicted molar refractivity (Wildman–Crippen MR) is 57.1 cm³/mol. The van der Waals surface area contributed by atoms with E-state index in [9.17, 15) is 4.79 Å². The Morgan fingerprint density at radius 2 is 2.31 bits per heavy atom. The van der Waals surface area contributed by atoms with Crippen molar-refractivity contribution < 1.29 is 4.79 Å². The lowest BCUT2D eigenvalue weighted by Crippen LogP contribution is -2.03.